The highest BCUT2D eigenvalue weighted by atomic mass is 16.5. The summed E-state index contributed by atoms with van der Waals surface area (Å²) in [5.74, 6) is -0.865. The van der Waals surface area contributed by atoms with Gasteiger partial charge in [0.15, 0.2) is 0 Å². The first-order valence-electron chi connectivity index (χ1n) is 6.12. The molecule has 0 aromatic rings. The Morgan fingerprint density at radius 3 is 2.35 bits per heavy atom. The number of nitrogens with two attached hydrogens (primary N) is 1. The monoisotopic (exact) mass is 244 g/mol. The number of esters is 1. The molecule has 0 bridgehead atoms. The normalized spacial score (nSPS) is 14.2. The Morgan fingerprint density at radius 2 is 1.88 bits per heavy atom. The van der Waals surface area contributed by atoms with Gasteiger partial charge in [-0.15, -0.1) is 0 Å². The van der Waals surface area contributed by atoms with Crippen LogP contribution < -0.4 is 11.1 Å². The van der Waals surface area contributed by atoms with E-state index in [0.29, 0.717) is 6.42 Å². The molecular weight excluding hydrogens is 220 g/mol. The molecule has 0 saturated heterocycles. The fourth-order valence-electron chi connectivity index (χ4n) is 1.26. The summed E-state index contributed by atoms with van der Waals surface area (Å²) in [6, 6.07) is -0.492. The molecule has 0 aromatic heterocycles. The number of amides is 1. The van der Waals surface area contributed by atoms with Gasteiger partial charge in [-0.05, 0) is 20.3 Å². The quantitative estimate of drug-likeness (QED) is 0.650. The molecule has 100 valence electrons. The molecule has 0 spiro atoms. The van der Waals surface area contributed by atoms with E-state index in [9.17, 15) is 9.59 Å². The molecule has 0 aliphatic heterocycles. The van der Waals surface area contributed by atoms with E-state index < -0.39 is 6.04 Å². The van der Waals surface area contributed by atoms with Crippen LogP contribution in [0.15, 0.2) is 0 Å². The Bertz CT molecular complexity index is 254. The molecule has 5 heteroatoms. The van der Waals surface area contributed by atoms with Gasteiger partial charge in [0.1, 0.15) is 0 Å². The molecule has 0 aromatic carbocycles. The second-order valence-electron chi connectivity index (χ2n) is 4.53. The van der Waals surface area contributed by atoms with Crippen molar-refractivity contribution in [2.75, 3.05) is 6.54 Å². The number of carbonyl (C=O) groups excluding carboxylic acids is 2. The third kappa shape index (κ3) is 6.94. The molecule has 0 radical (unpaired) electrons. The van der Waals surface area contributed by atoms with Gasteiger partial charge in [0.2, 0.25) is 5.91 Å². The minimum absolute atomic E-state index is 0.136. The highest BCUT2D eigenvalue weighted by molar-refractivity contribution is 5.82. The maximum atomic E-state index is 11.5. The van der Waals surface area contributed by atoms with Gasteiger partial charge < -0.3 is 15.8 Å². The number of ether oxygens (including phenoxy) is 1. The minimum atomic E-state index is -0.492. The van der Waals surface area contributed by atoms with Gasteiger partial charge in [0.25, 0.3) is 0 Å². The number of carbonyl (C=O) groups is 2. The van der Waals surface area contributed by atoms with Crippen LogP contribution in [0, 0.1) is 5.92 Å². The highest BCUT2D eigenvalue weighted by Crippen LogP contribution is 2.01. The second kappa shape index (κ2) is 8.06. The van der Waals surface area contributed by atoms with E-state index in [4.69, 9.17) is 10.5 Å². The van der Waals surface area contributed by atoms with Crippen LogP contribution in [-0.4, -0.2) is 30.6 Å². The average molecular weight is 244 g/mol. The van der Waals surface area contributed by atoms with Crippen LogP contribution >= 0.6 is 0 Å². The number of nitrogens with one attached hydrogen (secondary N) is 1. The van der Waals surface area contributed by atoms with Crippen LogP contribution in [0.5, 0.6) is 0 Å². The topological polar surface area (TPSA) is 81.4 Å². The first-order chi connectivity index (χ1) is 7.88. The third-order valence-corrected chi connectivity index (χ3v) is 2.27. The molecule has 0 aliphatic rings. The van der Waals surface area contributed by atoms with E-state index in [-0.39, 0.29) is 30.4 Å². The van der Waals surface area contributed by atoms with Gasteiger partial charge in [-0.3, -0.25) is 9.59 Å². The first kappa shape index (κ1) is 15.9. The Balaban J connectivity index is 3.94. The van der Waals surface area contributed by atoms with Gasteiger partial charge in [0.05, 0.1) is 18.1 Å². The van der Waals surface area contributed by atoms with Crippen molar-refractivity contribution in [1.29, 1.82) is 0 Å². The van der Waals surface area contributed by atoms with Crippen molar-refractivity contribution in [1.82, 2.24) is 5.32 Å². The number of hydrogen-bond acceptors (Lipinski definition) is 4. The van der Waals surface area contributed by atoms with Crippen LogP contribution in [0.1, 0.15) is 40.5 Å². The molecule has 0 saturated carbocycles. The van der Waals surface area contributed by atoms with Crippen LogP contribution in [-0.2, 0) is 14.3 Å². The standard InChI is InChI=1S/C12H24N2O3/c1-5-6-10(13)11(15)14-7-9(4)12(16)17-8(2)3/h8-10H,5-7,13H2,1-4H3,(H,14,15). The van der Waals surface area contributed by atoms with Crippen molar-refractivity contribution in [2.24, 2.45) is 11.7 Å². The van der Waals surface area contributed by atoms with Crippen molar-refractivity contribution in [3.63, 3.8) is 0 Å². The number of hydrogen-bond donors (Lipinski definition) is 2. The molecule has 17 heavy (non-hydrogen) atoms. The summed E-state index contributed by atoms with van der Waals surface area (Å²) in [6.07, 6.45) is 1.37. The Kier molecular flexibility index (Phi) is 7.54. The van der Waals surface area contributed by atoms with Crippen molar-refractivity contribution in [3.05, 3.63) is 0 Å². The third-order valence-electron chi connectivity index (χ3n) is 2.27. The molecule has 0 aliphatic carbocycles. The Labute approximate surface area is 103 Å². The molecule has 1 amide bonds. The lowest BCUT2D eigenvalue weighted by Crippen LogP contribution is -2.43. The maximum Gasteiger partial charge on any atom is 0.310 e. The summed E-state index contributed by atoms with van der Waals surface area (Å²) in [5.41, 5.74) is 5.64. The van der Waals surface area contributed by atoms with Crippen LogP contribution in [0.4, 0.5) is 0 Å². The van der Waals surface area contributed by atoms with Crippen LogP contribution in [0.3, 0.4) is 0 Å². The molecular formula is C12H24N2O3. The summed E-state index contributed by atoms with van der Waals surface area (Å²) >= 11 is 0. The lowest BCUT2D eigenvalue weighted by molar-refractivity contribution is -0.151. The smallest absolute Gasteiger partial charge is 0.310 e. The second-order valence-corrected chi connectivity index (χ2v) is 4.53. The van der Waals surface area contributed by atoms with Crippen LogP contribution in [0.25, 0.3) is 0 Å². The predicted molar refractivity (Wildman–Crippen MR) is 66.3 cm³/mol. The van der Waals surface area contributed by atoms with Gasteiger partial charge in [-0.2, -0.15) is 0 Å². The van der Waals surface area contributed by atoms with E-state index in [2.05, 4.69) is 5.32 Å². The summed E-state index contributed by atoms with van der Waals surface area (Å²) in [7, 11) is 0. The zero-order chi connectivity index (χ0) is 13.4. The van der Waals surface area contributed by atoms with Crippen molar-refractivity contribution in [3.8, 4) is 0 Å². The molecule has 0 heterocycles. The largest absolute Gasteiger partial charge is 0.463 e. The molecule has 0 fully saturated rings. The lowest BCUT2D eigenvalue weighted by atomic mass is 10.1. The van der Waals surface area contributed by atoms with E-state index in [1.807, 2.05) is 6.92 Å². The first-order valence-corrected chi connectivity index (χ1v) is 6.12. The molecule has 2 atom stereocenters. The fourth-order valence-corrected chi connectivity index (χ4v) is 1.26. The minimum Gasteiger partial charge on any atom is -0.463 e. The molecule has 0 rings (SSSR count). The van der Waals surface area contributed by atoms with Crippen molar-refractivity contribution in [2.45, 2.75) is 52.7 Å². The van der Waals surface area contributed by atoms with Crippen molar-refractivity contribution < 1.29 is 14.3 Å². The zero-order valence-corrected chi connectivity index (χ0v) is 11.2. The van der Waals surface area contributed by atoms with Gasteiger partial charge in [-0.25, -0.2) is 0 Å². The maximum absolute atomic E-state index is 11.5. The fraction of sp³-hybridized carbons (Fsp3) is 0.833. The average Bonchev–Trinajstić information content (AvgIpc) is 2.24. The molecule has 3 N–H and O–H groups in total. The highest BCUT2D eigenvalue weighted by Gasteiger charge is 2.18. The van der Waals surface area contributed by atoms with E-state index >= 15 is 0 Å². The van der Waals surface area contributed by atoms with Gasteiger partial charge in [0, 0.05) is 6.54 Å². The van der Waals surface area contributed by atoms with Gasteiger partial charge in [-0.1, -0.05) is 20.3 Å². The summed E-state index contributed by atoms with van der Waals surface area (Å²) in [4.78, 5) is 23.0. The zero-order valence-electron chi connectivity index (χ0n) is 11.2. The summed E-state index contributed by atoms with van der Waals surface area (Å²) in [5, 5.41) is 2.66. The Morgan fingerprint density at radius 1 is 1.29 bits per heavy atom. The summed E-state index contributed by atoms with van der Waals surface area (Å²) < 4.78 is 5.03. The lowest BCUT2D eigenvalue weighted by Gasteiger charge is -2.16. The van der Waals surface area contributed by atoms with E-state index in [1.165, 1.54) is 0 Å². The summed E-state index contributed by atoms with van der Waals surface area (Å²) in [6.45, 7) is 7.54. The molecule has 2 unspecified atom stereocenters. The molecule has 5 nitrogen and oxygen atoms in total. The van der Waals surface area contributed by atoms with E-state index in [0.717, 1.165) is 6.42 Å². The van der Waals surface area contributed by atoms with Crippen molar-refractivity contribution >= 4 is 11.9 Å². The van der Waals surface area contributed by atoms with Gasteiger partial charge >= 0.3 is 5.97 Å². The van der Waals surface area contributed by atoms with E-state index in [1.54, 1.807) is 20.8 Å². The SMILES string of the molecule is CCCC(N)C(=O)NCC(C)C(=O)OC(C)C. The number of rotatable bonds is 7. The predicted octanol–water partition coefficient (Wildman–Crippen LogP) is 0.818. The Hall–Kier alpha value is -1.10. The van der Waals surface area contributed by atoms with Crippen LogP contribution in [0.2, 0.25) is 0 Å².